The molecule has 0 N–H and O–H groups in total. The average Bonchev–Trinajstić information content (AvgIpc) is 2.91. The number of methoxy groups -OCH3 is 1. The summed E-state index contributed by atoms with van der Waals surface area (Å²) < 4.78 is 11.6. The van der Waals surface area contributed by atoms with Gasteiger partial charge in [-0.1, -0.05) is 54.1 Å². The third-order valence-electron chi connectivity index (χ3n) is 6.73. The van der Waals surface area contributed by atoms with Crippen LogP contribution in [-0.4, -0.2) is 55.0 Å². The zero-order chi connectivity index (χ0) is 26.2. The van der Waals surface area contributed by atoms with Crippen molar-refractivity contribution in [1.29, 1.82) is 0 Å². The van der Waals surface area contributed by atoms with Crippen LogP contribution in [0.2, 0.25) is 5.02 Å². The molecule has 0 spiro atoms. The van der Waals surface area contributed by atoms with E-state index in [1.807, 2.05) is 78.7 Å². The van der Waals surface area contributed by atoms with E-state index in [1.54, 1.807) is 24.1 Å². The quantitative estimate of drug-likeness (QED) is 0.387. The van der Waals surface area contributed by atoms with Crippen LogP contribution in [0.15, 0.2) is 78.9 Å². The van der Waals surface area contributed by atoms with Crippen LogP contribution in [0.4, 0.5) is 0 Å². The summed E-state index contributed by atoms with van der Waals surface area (Å²) in [5.41, 5.74) is 1.98. The Hall–Kier alpha value is -3.51. The molecule has 0 bridgehead atoms. The molecule has 1 heterocycles. The van der Waals surface area contributed by atoms with Gasteiger partial charge < -0.3 is 19.3 Å². The molecule has 4 rings (SSSR count). The van der Waals surface area contributed by atoms with E-state index in [1.165, 1.54) is 0 Å². The highest BCUT2D eigenvalue weighted by molar-refractivity contribution is 6.30. The number of piperidine rings is 1. The van der Waals surface area contributed by atoms with Gasteiger partial charge in [0.25, 0.3) is 0 Å². The van der Waals surface area contributed by atoms with Crippen LogP contribution in [0, 0.1) is 5.92 Å². The number of hydrogen-bond acceptors (Lipinski definition) is 4. The first kappa shape index (κ1) is 26.6. The second-order valence-electron chi connectivity index (χ2n) is 9.47. The number of halogens is 1. The molecule has 7 heteroatoms. The van der Waals surface area contributed by atoms with E-state index < -0.39 is 0 Å². The minimum atomic E-state index is -0.184. The molecule has 1 aliphatic rings. The number of ether oxygens (including phenoxy) is 2. The number of likely N-dealkylation sites (tertiary alicyclic amines) is 1. The summed E-state index contributed by atoms with van der Waals surface area (Å²) in [4.78, 5) is 30.0. The Morgan fingerprint density at radius 2 is 1.70 bits per heavy atom. The predicted molar refractivity (Wildman–Crippen MR) is 145 cm³/mol. The number of hydrogen-bond donors (Lipinski definition) is 0. The third kappa shape index (κ3) is 7.49. The lowest BCUT2D eigenvalue weighted by atomic mass is 9.90. The van der Waals surface area contributed by atoms with Crippen LogP contribution in [0.25, 0.3) is 0 Å². The fourth-order valence-electron chi connectivity index (χ4n) is 4.67. The van der Waals surface area contributed by atoms with E-state index in [0.29, 0.717) is 43.2 Å². The molecule has 0 saturated carbocycles. The largest absolute Gasteiger partial charge is 0.497 e. The van der Waals surface area contributed by atoms with Crippen molar-refractivity contribution in [2.75, 3.05) is 27.2 Å². The number of carbonyl (C=O) groups excluding carboxylic acids is 2. The maximum atomic E-state index is 13.2. The summed E-state index contributed by atoms with van der Waals surface area (Å²) >= 11 is 6.04. The number of benzene rings is 3. The number of rotatable bonds is 9. The summed E-state index contributed by atoms with van der Waals surface area (Å²) in [7, 11) is 3.43. The van der Waals surface area contributed by atoms with E-state index in [2.05, 4.69) is 0 Å². The first-order chi connectivity index (χ1) is 17.9. The molecule has 3 aromatic carbocycles. The molecule has 1 fully saturated rings. The molecule has 6 nitrogen and oxygen atoms in total. The van der Waals surface area contributed by atoms with Crippen molar-refractivity contribution in [3.8, 4) is 11.5 Å². The monoisotopic (exact) mass is 520 g/mol. The maximum Gasteiger partial charge on any atom is 0.227 e. The smallest absolute Gasteiger partial charge is 0.227 e. The summed E-state index contributed by atoms with van der Waals surface area (Å²) in [5.74, 6) is 1.37. The van der Waals surface area contributed by atoms with E-state index in [0.717, 1.165) is 16.9 Å². The molecule has 0 aliphatic carbocycles. The Morgan fingerprint density at radius 3 is 2.43 bits per heavy atom. The summed E-state index contributed by atoms with van der Waals surface area (Å²) in [6.45, 7) is 1.57. The molecule has 2 amide bonds. The molecular formula is C30H33ClN2O4. The molecule has 194 valence electrons. The molecule has 3 aromatic rings. The van der Waals surface area contributed by atoms with Gasteiger partial charge in [0.05, 0.1) is 13.5 Å². The highest BCUT2D eigenvalue weighted by Crippen LogP contribution is 2.28. The molecule has 37 heavy (non-hydrogen) atoms. The highest BCUT2D eigenvalue weighted by Gasteiger charge is 2.35. The van der Waals surface area contributed by atoms with Gasteiger partial charge in [0.2, 0.25) is 11.8 Å². The van der Waals surface area contributed by atoms with Crippen LogP contribution >= 0.6 is 11.6 Å². The zero-order valence-electron chi connectivity index (χ0n) is 21.3. The van der Waals surface area contributed by atoms with Gasteiger partial charge in [0, 0.05) is 50.5 Å². The van der Waals surface area contributed by atoms with Gasteiger partial charge in [-0.15, -0.1) is 0 Å². The Balaban J connectivity index is 1.45. The molecule has 0 unspecified atom stereocenters. The van der Waals surface area contributed by atoms with Gasteiger partial charge in [0.15, 0.2) is 0 Å². The van der Waals surface area contributed by atoms with Crippen molar-refractivity contribution in [2.45, 2.75) is 31.9 Å². The van der Waals surface area contributed by atoms with Crippen molar-refractivity contribution in [3.63, 3.8) is 0 Å². The predicted octanol–water partition coefficient (Wildman–Crippen LogP) is 5.24. The van der Waals surface area contributed by atoms with Crippen molar-refractivity contribution in [2.24, 2.45) is 5.92 Å². The van der Waals surface area contributed by atoms with Gasteiger partial charge in [-0.2, -0.15) is 0 Å². The van der Waals surface area contributed by atoms with E-state index in [9.17, 15) is 9.59 Å². The first-order valence-corrected chi connectivity index (χ1v) is 12.9. The lowest BCUT2D eigenvalue weighted by Crippen LogP contribution is -2.49. The highest BCUT2D eigenvalue weighted by atomic mass is 35.5. The lowest BCUT2D eigenvalue weighted by Gasteiger charge is -2.39. The third-order valence-corrected chi connectivity index (χ3v) is 6.98. The summed E-state index contributed by atoms with van der Waals surface area (Å²) in [6.07, 6.45) is 1.04. The van der Waals surface area contributed by atoms with Gasteiger partial charge in [-0.05, 0) is 47.5 Å². The summed E-state index contributed by atoms with van der Waals surface area (Å²) in [6, 6.07) is 24.7. The number of carbonyl (C=O) groups is 2. The molecule has 1 aliphatic heterocycles. The van der Waals surface area contributed by atoms with Crippen LogP contribution in [0.3, 0.4) is 0 Å². The molecule has 2 atom stereocenters. The van der Waals surface area contributed by atoms with Crippen molar-refractivity contribution >= 4 is 23.4 Å². The van der Waals surface area contributed by atoms with Crippen LogP contribution in [0.5, 0.6) is 11.5 Å². The number of nitrogens with zero attached hydrogens (tertiary/aromatic N) is 2. The fraction of sp³-hybridized carbons (Fsp3) is 0.333. The topological polar surface area (TPSA) is 59.1 Å². The molecular weight excluding hydrogens is 488 g/mol. The molecule has 0 radical (unpaired) electrons. The van der Waals surface area contributed by atoms with Crippen LogP contribution in [-0.2, 0) is 22.6 Å². The van der Waals surface area contributed by atoms with Gasteiger partial charge in [-0.3, -0.25) is 9.59 Å². The zero-order valence-corrected chi connectivity index (χ0v) is 22.1. The Morgan fingerprint density at radius 1 is 0.973 bits per heavy atom. The molecule has 0 aromatic heterocycles. The van der Waals surface area contributed by atoms with Crippen molar-refractivity contribution < 1.29 is 19.1 Å². The van der Waals surface area contributed by atoms with Crippen LogP contribution < -0.4 is 9.47 Å². The maximum absolute atomic E-state index is 13.2. The Kier molecular flexibility index (Phi) is 9.07. The van der Waals surface area contributed by atoms with E-state index in [-0.39, 0.29) is 30.3 Å². The van der Waals surface area contributed by atoms with Crippen LogP contribution in [0.1, 0.15) is 24.0 Å². The van der Waals surface area contributed by atoms with Gasteiger partial charge in [0.1, 0.15) is 17.6 Å². The second kappa shape index (κ2) is 12.6. The van der Waals surface area contributed by atoms with E-state index in [4.69, 9.17) is 21.1 Å². The normalized spacial score (nSPS) is 17.2. The van der Waals surface area contributed by atoms with Crippen molar-refractivity contribution in [1.82, 2.24) is 9.80 Å². The lowest BCUT2D eigenvalue weighted by molar-refractivity contribution is -0.138. The minimum absolute atomic E-state index is 0.0284. The Labute approximate surface area is 223 Å². The van der Waals surface area contributed by atoms with Crippen molar-refractivity contribution in [3.05, 3.63) is 95.0 Å². The summed E-state index contributed by atoms with van der Waals surface area (Å²) in [5, 5.41) is 0.638. The van der Waals surface area contributed by atoms with E-state index >= 15 is 0 Å². The number of amides is 2. The van der Waals surface area contributed by atoms with Gasteiger partial charge in [-0.25, -0.2) is 0 Å². The van der Waals surface area contributed by atoms with Gasteiger partial charge >= 0.3 is 0 Å². The standard InChI is InChI=1S/C30H33ClN2O4/c1-32(20-22-7-4-3-5-8-22)29(34)19-24-21-33(30(35)18-23-9-6-10-27(17-23)36-2)16-15-28(24)37-26-13-11-25(31)12-14-26/h3-14,17,24,28H,15-16,18-21H2,1-2H3/t24-,28-/m0/s1. The average molecular weight is 521 g/mol. The first-order valence-electron chi connectivity index (χ1n) is 12.5. The molecule has 1 saturated heterocycles. The SMILES string of the molecule is COc1cccc(CC(=O)N2CC[C@H](Oc3ccc(Cl)cc3)[C@@H](CC(=O)N(C)Cc3ccccc3)C2)c1. The Bertz CT molecular complexity index is 1190. The second-order valence-corrected chi connectivity index (χ2v) is 9.90. The fourth-order valence-corrected chi connectivity index (χ4v) is 4.80. The minimum Gasteiger partial charge on any atom is -0.497 e.